The average Bonchev–Trinajstić information content (AvgIpc) is 3.21. The first kappa shape index (κ1) is 19.0. The zero-order valence-corrected chi connectivity index (χ0v) is 15.7. The Morgan fingerprint density at radius 2 is 2.16 bits per heavy atom. The van der Waals surface area contributed by atoms with Gasteiger partial charge in [-0.2, -0.15) is 0 Å². The first-order chi connectivity index (χ1) is 12.1. The van der Waals surface area contributed by atoms with Crippen LogP contribution in [0.4, 0.5) is 0 Å². The lowest BCUT2D eigenvalue weighted by Crippen LogP contribution is -2.37. The van der Waals surface area contributed by atoms with Gasteiger partial charge in [0.2, 0.25) is 0 Å². The van der Waals surface area contributed by atoms with E-state index >= 15 is 0 Å². The van der Waals surface area contributed by atoms with Gasteiger partial charge >= 0.3 is 0 Å². The molecule has 0 saturated carbocycles. The van der Waals surface area contributed by atoms with Crippen molar-refractivity contribution in [3.05, 3.63) is 35.7 Å². The van der Waals surface area contributed by atoms with Crippen molar-refractivity contribution in [2.75, 3.05) is 13.1 Å². The van der Waals surface area contributed by atoms with Gasteiger partial charge < -0.3 is 19.7 Å². The summed E-state index contributed by atoms with van der Waals surface area (Å²) >= 11 is 0. The van der Waals surface area contributed by atoms with Crippen LogP contribution in [0.15, 0.2) is 28.0 Å². The van der Waals surface area contributed by atoms with Gasteiger partial charge in [0, 0.05) is 38.1 Å². The largest absolute Gasteiger partial charge is 0.359 e. The van der Waals surface area contributed by atoms with Gasteiger partial charge in [0.05, 0.1) is 5.69 Å². The summed E-state index contributed by atoms with van der Waals surface area (Å²) in [6.45, 7) is 11.5. The van der Waals surface area contributed by atoms with E-state index in [1.54, 1.807) is 0 Å². The SMILES string of the molecule is CCNC(=NCc1cc(C(C)C)no1)NCCCCn1ccnc1C. The molecule has 2 heterocycles. The van der Waals surface area contributed by atoms with E-state index in [2.05, 4.69) is 51.1 Å². The third-order valence-corrected chi connectivity index (χ3v) is 3.95. The molecule has 0 aliphatic rings. The number of nitrogens with one attached hydrogen (secondary N) is 2. The van der Waals surface area contributed by atoms with Crippen LogP contribution in [-0.2, 0) is 13.1 Å². The molecule has 0 fully saturated rings. The predicted molar refractivity (Wildman–Crippen MR) is 99.6 cm³/mol. The molecule has 0 radical (unpaired) electrons. The molecule has 0 saturated heterocycles. The molecule has 0 amide bonds. The van der Waals surface area contributed by atoms with Gasteiger partial charge in [0.25, 0.3) is 0 Å². The molecule has 0 aliphatic heterocycles. The minimum atomic E-state index is 0.368. The molecule has 138 valence electrons. The van der Waals surface area contributed by atoms with Crippen LogP contribution in [0.3, 0.4) is 0 Å². The number of hydrogen-bond acceptors (Lipinski definition) is 4. The van der Waals surface area contributed by atoms with E-state index in [0.29, 0.717) is 12.5 Å². The maximum Gasteiger partial charge on any atom is 0.191 e. The van der Waals surface area contributed by atoms with Crippen molar-refractivity contribution in [3.8, 4) is 0 Å². The summed E-state index contributed by atoms with van der Waals surface area (Å²) < 4.78 is 7.50. The van der Waals surface area contributed by atoms with Crippen molar-refractivity contribution >= 4 is 5.96 Å². The molecular formula is C18H30N6O. The number of imidazole rings is 1. The second kappa shape index (κ2) is 9.86. The lowest BCUT2D eigenvalue weighted by atomic mass is 10.1. The Morgan fingerprint density at radius 3 is 2.80 bits per heavy atom. The van der Waals surface area contributed by atoms with Crippen molar-refractivity contribution in [3.63, 3.8) is 0 Å². The summed E-state index contributed by atoms with van der Waals surface area (Å²) in [6.07, 6.45) is 6.04. The molecular weight excluding hydrogens is 316 g/mol. The second-order valence-electron chi connectivity index (χ2n) is 6.37. The summed E-state index contributed by atoms with van der Waals surface area (Å²) in [4.78, 5) is 8.80. The molecule has 0 aromatic carbocycles. The minimum Gasteiger partial charge on any atom is -0.359 e. The van der Waals surface area contributed by atoms with Crippen LogP contribution >= 0.6 is 0 Å². The van der Waals surface area contributed by atoms with Gasteiger partial charge in [-0.15, -0.1) is 0 Å². The molecule has 2 aromatic heterocycles. The molecule has 0 bridgehead atoms. The minimum absolute atomic E-state index is 0.368. The Balaban J connectivity index is 1.74. The lowest BCUT2D eigenvalue weighted by Gasteiger charge is -2.11. The van der Waals surface area contributed by atoms with Crippen LogP contribution in [0.25, 0.3) is 0 Å². The average molecular weight is 346 g/mol. The molecule has 7 heteroatoms. The zero-order chi connectivity index (χ0) is 18.1. The van der Waals surface area contributed by atoms with Gasteiger partial charge in [-0.25, -0.2) is 9.98 Å². The highest BCUT2D eigenvalue weighted by Gasteiger charge is 2.07. The molecule has 2 N–H and O–H groups in total. The van der Waals surface area contributed by atoms with Crippen molar-refractivity contribution in [2.24, 2.45) is 4.99 Å². The molecule has 2 rings (SSSR count). The fourth-order valence-corrected chi connectivity index (χ4v) is 2.43. The van der Waals surface area contributed by atoms with Crippen molar-refractivity contribution < 1.29 is 4.52 Å². The summed E-state index contributed by atoms with van der Waals surface area (Å²) in [5.41, 5.74) is 0.970. The van der Waals surface area contributed by atoms with Crippen molar-refractivity contribution in [1.29, 1.82) is 0 Å². The van der Waals surface area contributed by atoms with Crippen LogP contribution in [0.2, 0.25) is 0 Å². The highest BCUT2D eigenvalue weighted by Crippen LogP contribution is 2.14. The predicted octanol–water partition coefficient (Wildman–Crippen LogP) is 2.84. The van der Waals surface area contributed by atoms with Crippen LogP contribution in [-0.4, -0.2) is 33.8 Å². The quantitative estimate of drug-likeness (QED) is 0.415. The third-order valence-electron chi connectivity index (χ3n) is 3.95. The number of hydrogen-bond donors (Lipinski definition) is 2. The smallest absolute Gasteiger partial charge is 0.191 e. The first-order valence-electron chi connectivity index (χ1n) is 9.05. The maximum absolute atomic E-state index is 5.33. The molecule has 0 unspecified atom stereocenters. The normalized spacial score (nSPS) is 12.0. The standard InChI is InChI=1S/C18H30N6O/c1-5-19-18(22-13-16-12-17(14(2)3)23-25-16)21-8-6-7-10-24-11-9-20-15(24)4/h9,11-12,14H,5-8,10,13H2,1-4H3,(H2,19,21,22). The maximum atomic E-state index is 5.33. The van der Waals surface area contributed by atoms with E-state index in [-0.39, 0.29) is 0 Å². The molecule has 0 spiro atoms. The number of guanidine groups is 1. The number of rotatable bonds is 9. The lowest BCUT2D eigenvalue weighted by molar-refractivity contribution is 0.376. The highest BCUT2D eigenvalue weighted by molar-refractivity contribution is 5.79. The van der Waals surface area contributed by atoms with Gasteiger partial charge in [-0.1, -0.05) is 19.0 Å². The monoisotopic (exact) mass is 346 g/mol. The fraction of sp³-hybridized carbons (Fsp3) is 0.611. The zero-order valence-electron chi connectivity index (χ0n) is 15.7. The molecule has 25 heavy (non-hydrogen) atoms. The van der Waals surface area contributed by atoms with E-state index in [4.69, 9.17) is 4.52 Å². The Morgan fingerprint density at radius 1 is 1.32 bits per heavy atom. The molecule has 7 nitrogen and oxygen atoms in total. The fourth-order valence-electron chi connectivity index (χ4n) is 2.43. The Bertz CT molecular complexity index is 658. The van der Waals surface area contributed by atoms with E-state index in [1.807, 2.05) is 25.4 Å². The number of aryl methyl sites for hydroxylation is 2. The van der Waals surface area contributed by atoms with Crippen LogP contribution in [0, 0.1) is 6.92 Å². The van der Waals surface area contributed by atoms with Crippen LogP contribution in [0.5, 0.6) is 0 Å². The number of unbranched alkanes of at least 4 members (excludes halogenated alkanes) is 1. The number of nitrogens with zero attached hydrogens (tertiary/aromatic N) is 4. The number of aliphatic imine (C=N–C) groups is 1. The molecule has 0 atom stereocenters. The summed E-state index contributed by atoms with van der Waals surface area (Å²) in [5, 5.41) is 10.7. The highest BCUT2D eigenvalue weighted by atomic mass is 16.5. The Kier molecular flexibility index (Phi) is 7.50. The first-order valence-corrected chi connectivity index (χ1v) is 9.05. The van der Waals surface area contributed by atoms with Gasteiger partial charge in [-0.05, 0) is 32.6 Å². The van der Waals surface area contributed by atoms with Crippen molar-refractivity contribution in [2.45, 2.75) is 59.5 Å². The summed E-state index contributed by atoms with van der Waals surface area (Å²) in [5.74, 6) is 3.03. The van der Waals surface area contributed by atoms with Crippen LogP contribution in [0.1, 0.15) is 56.8 Å². The summed E-state index contributed by atoms with van der Waals surface area (Å²) in [7, 11) is 0. The van der Waals surface area contributed by atoms with Crippen molar-refractivity contribution in [1.82, 2.24) is 25.3 Å². The van der Waals surface area contributed by atoms with Gasteiger partial charge in [0.1, 0.15) is 12.4 Å². The third kappa shape index (κ3) is 6.25. The van der Waals surface area contributed by atoms with Gasteiger partial charge in [-0.3, -0.25) is 0 Å². The number of aromatic nitrogens is 3. The Hall–Kier alpha value is -2.31. The van der Waals surface area contributed by atoms with E-state index in [9.17, 15) is 0 Å². The topological polar surface area (TPSA) is 80.3 Å². The van der Waals surface area contributed by atoms with E-state index < -0.39 is 0 Å². The van der Waals surface area contributed by atoms with Crippen LogP contribution < -0.4 is 10.6 Å². The van der Waals surface area contributed by atoms with E-state index in [0.717, 1.165) is 55.7 Å². The van der Waals surface area contributed by atoms with E-state index in [1.165, 1.54) is 0 Å². The molecule has 0 aliphatic carbocycles. The Labute approximate surface area is 149 Å². The second-order valence-corrected chi connectivity index (χ2v) is 6.37. The molecule has 2 aromatic rings. The summed E-state index contributed by atoms with van der Waals surface area (Å²) in [6, 6.07) is 1.98. The van der Waals surface area contributed by atoms with Gasteiger partial charge in [0.15, 0.2) is 11.7 Å².